The molecule has 0 aliphatic carbocycles. The van der Waals surface area contributed by atoms with Crippen LogP contribution >= 0.6 is 0 Å². The van der Waals surface area contributed by atoms with Crippen LogP contribution in [-0.4, -0.2) is 28.6 Å². The van der Waals surface area contributed by atoms with E-state index in [1.54, 1.807) is 0 Å². The molecule has 0 radical (unpaired) electrons. The second-order valence-electron chi connectivity index (χ2n) is 6.55. The normalized spacial score (nSPS) is 12.4. The molecule has 1 unspecified atom stereocenters. The highest BCUT2D eigenvalue weighted by molar-refractivity contribution is 7.90. The molecule has 25 heavy (non-hydrogen) atoms. The van der Waals surface area contributed by atoms with Crippen molar-refractivity contribution in [1.82, 2.24) is 9.97 Å². The van der Waals surface area contributed by atoms with Gasteiger partial charge in [-0.15, -0.1) is 0 Å². The maximum Gasteiger partial charge on any atom is 0.266 e. The largest absolute Gasteiger partial charge is 0.610 e. The van der Waals surface area contributed by atoms with Crippen LogP contribution in [0.2, 0.25) is 0 Å². The van der Waals surface area contributed by atoms with E-state index in [1.165, 1.54) is 11.1 Å². The highest BCUT2D eigenvalue weighted by Gasteiger charge is 2.21. The topological polar surface area (TPSA) is 52.1 Å². The summed E-state index contributed by atoms with van der Waals surface area (Å²) in [5.74, 6) is 0.431. The monoisotopic (exact) mass is 353 g/mol. The zero-order valence-corrected chi connectivity index (χ0v) is 16.1. The Morgan fingerprint density at radius 3 is 2.20 bits per heavy atom. The van der Waals surface area contributed by atoms with Gasteiger partial charge in [-0.3, -0.25) is 0 Å². The van der Waals surface area contributed by atoms with Crippen LogP contribution in [0.15, 0.2) is 41.4 Å². The number of para-hydroxylation sites is 1. The van der Waals surface area contributed by atoms with Crippen LogP contribution in [0, 0.1) is 20.8 Å². The molecule has 1 aromatic heterocycles. The molecular formula is C20H23N3OS. The first kappa shape index (κ1) is 17.7. The quantitative estimate of drug-likeness (QED) is 0.667. The minimum Gasteiger partial charge on any atom is -0.610 e. The van der Waals surface area contributed by atoms with Gasteiger partial charge >= 0.3 is 0 Å². The maximum absolute atomic E-state index is 13.0. The number of aryl methyl sites for hydroxylation is 3. The number of aromatic nitrogens is 2. The third-order valence-corrected chi connectivity index (χ3v) is 5.78. The first-order valence-electron chi connectivity index (χ1n) is 8.26. The summed E-state index contributed by atoms with van der Waals surface area (Å²) in [4.78, 5) is 11.3. The van der Waals surface area contributed by atoms with E-state index in [0.29, 0.717) is 10.8 Å². The first-order valence-corrected chi connectivity index (χ1v) is 9.58. The van der Waals surface area contributed by atoms with Crippen molar-refractivity contribution in [1.29, 1.82) is 0 Å². The molecule has 0 amide bonds. The molecule has 0 aliphatic rings. The Bertz CT molecular complexity index is 924. The summed E-state index contributed by atoms with van der Waals surface area (Å²) >= 11 is -1.24. The van der Waals surface area contributed by atoms with Crippen molar-refractivity contribution in [3.8, 4) is 0 Å². The van der Waals surface area contributed by atoms with Crippen molar-refractivity contribution in [3.05, 3.63) is 58.8 Å². The van der Waals surface area contributed by atoms with Gasteiger partial charge in [-0.2, -0.15) is 4.98 Å². The third-order valence-electron chi connectivity index (χ3n) is 4.39. The standard InChI is InChI=1S/C20H23N3OS/c1-13-10-17-18(11-14(13)2)22-20(15(3)21-17)25(24)12-16-8-6-7-9-19(16)23(4)5/h6-11H,12H2,1-5H3. The van der Waals surface area contributed by atoms with Crippen LogP contribution in [0.25, 0.3) is 11.0 Å². The van der Waals surface area contributed by atoms with Crippen LogP contribution in [0.4, 0.5) is 5.69 Å². The molecule has 0 saturated heterocycles. The Hall–Kier alpha value is -2.11. The molecule has 2 aromatic carbocycles. The van der Waals surface area contributed by atoms with Crippen LogP contribution in [0.1, 0.15) is 22.4 Å². The summed E-state index contributed by atoms with van der Waals surface area (Å²) in [6.07, 6.45) is 0. The lowest BCUT2D eigenvalue weighted by atomic mass is 10.1. The predicted octanol–water partition coefficient (Wildman–Crippen LogP) is 3.93. The summed E-state index contributed by atoms with van der Waals surface area (Å²) in [5.41, 5.74) is 6.88. The molecule has 1 heterocycles. The van der Waals surface area contributed by atoms with Gasteiger partial charge in [-0.1, -0.05) is 18.2 Å². The highest BCUT2D eigenvalue weighted by Crippen LogP contribution is 2.26. The Balaban J connectivity index is 1.98. The molecule has 0 bridgehead atoms. The van der Waals surface area contributed by atoms with E-state index in [4.69, 9.17) is 0 Å². The minimum absolute atomic E-state index is 0.431. The van der Waals surface area contributed by atoms with Gasteiger partial charge in [0.15, 0.2) is 0 Å². The zero-order valence-electron chi connectivity index (χ0n) is 15.3. The number of nitrogens with zero attached hydrogens (tertiary/aromatic N) is 3. The summed E-state index contributed by atoms with van der Waals surface area (Å²) in [6, 6.07) is 12.1. The highest BCUT2D eigenvalue weighted by atomic mass is 32.2. The third kappa shape index (κ3) is 3.62. The minimum atomic E-state index is -1.24. The first-order chi connectivity index (χ1) is 11.9. The van der Waals surface area contributed by atoms with Crippen LogP contribution in [-0.2, 0) is 16.9 Å². The van der Waals surface area contributed by atoms with Gasteiger partial charge in [0, 0.05) is 36.5 Å². The molecule has 0 fully saturated rings. The lowest BCUT2D eigenvalue weighted by Gasteiger charge is -2.18. The number of hydrogen-bond acceptors (Lipinski definition) is 4. The summed E-state index contributed by atoms with van der Waals surface area (Å²) in [5, 5.41) is 0.573. The van der Waals surface area contributed by atoms with Gasteiger partial charge in [0.1, 0.15) is 11.4 Å². The lowest BCUT2D eigenvalue weighted by Crippen LogP contribution is -2.15. The van der Waals surface area contributed by atoms with E-state index in [9.17, 15) is 4.55 Å². The van der Waals surface area contributed by atoms with Gasteiger partial charge < -0.3 is 9.45 Å². The molecule has 4 nitrogen and oxygen atoms in total. The van der Waals surface area contributed by atoms with Gasteiger partial charge in [0.2, 0.25) is 0 Å². The fourth-order valence-corrected chi connectivity index (χ4v) is 4.12. The van der Waals surface area contributed by atoms with E-state index in [1.807, 2.05) is 62.3 Å². The molecule has 0 N–H and O–H groups in total. The van der Waals surface area contributed by atoms with Gasteiger partial charge in [-0.05, 0) is 50.1 Å². The van der Waals surface area contributed by atoms with Crippen LogP contribution in [0.3, 0.4) is 0 Å². The number of benzene rings is 2. The Morgan fingerprint density at radius 2 is 1.56 bits per heavy atom. The number of rotatable bonds is 4. The molecule has 3 rings (SSSR count). The summed E-state index contributed by atoms with van der Waals surface area (Å²) < 4.78 is 13.0. The van der Waals surface area contributed by atoms with Crippen LogP contribution in [0.5, 0.6) is 0 Å². The molecule has 5 heteroatoms. The van der Waals surface area contributed by atoms with Crippen LogP contribution < -0.4 is 4.90 Å². The number of hydrogen-bond donors (Lipinski definition) is 0. The molecule has 1 atom stereocenters. The molecule has 0 spiro atoms. The Morgan fingerprint density at radius 1 is 0.960 bits per heavy atom. The van der Waals surface area contributed by atoms with Gasteiger partial charge in [-0.25, -0.2) is 4.98 Å². The SMILES string of the molecule is Cc1cc2nc(C)c([S+]([O-])Cc3ccccc3N(C)C)nc2cc1C. The molecule has 130 valence electrons. The van der Waals surface area contributed by atoms with E-state index in [0.717, 1.165) is 28.0 Å². The predicted molar refractivity (Wildman–Crippen MR) is 105 cm³/mol. The van der Waals surface area contributed by atoms with E-state index in [2.05, 4.69) is 23.8 Å². The molecular weight excluding hydrogens is 330 g/mol. The van der Waals surface area contributed by atoms with Crippen molar-refractivity contribution in [2.75, 3.05) is 19.0 Å². The van der Waals surface area contributed by atoms with Gasteiger partial charge in [0.25, 0.3) is 5.03 Å². The Labute approximate surface area is 152 Å². The Kier molecular flexibility index (Phi) is 4.97. The van der Waals surface area contributed by atoms with Crippen molar-refractivity contribution >= 4 is 27.9 Å². The second-order valence-corrected chi connectivity index (χ2v) is 7.92. The lowest BCUT2D eigenvalue weighted by molar-refractivity contribution is 0.589. The fourth-order valence-electron chi connectivity index (χ4n) is 2.88. The van der Waals surface area contributed by atoms with E-state index >= 15 is 0 Å². The van der Waals surface area contributed by atoms with Crippen molar-refractivity contribution in [2.45, 2.75) is 31.6 Å². The summed E-state index contributed by atoms with van der Waals surface area (Å²) in [7, 11) is 3.99. The zero-order chi connectivity index (χ0) is 18.1. The number of fused-ring (bicyclic) bond motifs is 1. The van der Waals surface area contributed by atoms with Crippen molar-refractivity contribution in [3.63, 3.8) is 0 Å². The second kappa shape index (κ2) is 7.02. The van der Waals surface area contributed by atoms with E-state index < -0.39 is 11.2 Å². The fraction of sp³-hybridized carbons (Fsp3) is 0.300. The molecule has 0 saturated carbocycles. The van der Waals surface area contributed by atoms with Crippen molar-refractivity contribution < 1.29 is 4.55 Å². The summed E-state index contributed by atoms with van der Waals surface area (Å²) in [6.45, 7) is 6.00. The maximum atomic E-state index is 13.0. The number of anilines is 1. The van der Waals surface area contributed by atoms with Gasteiger partial charge in [0.05, 0.1) is 11.0 Å². The van der Waals surface area contributed by atoms with Crippen molar-refractivity contribution in [2.24, 2.45) is 0 Å². The molecule has 3 aromatic rings. The average molecular weight is 353 g/mol. The molecule has 0 aliphatic heterocycles. The smallest absolute Gasteiger partial charge is 0.266 e. The average Bonchev–Trinajstić information content (AvgIpc) is 2.56. The van der Waals surface area contributed by atoms with E-state index in [-0.39, 0.29) is 0 Å².